The molecule has 10 heteroatoms. The molecule has 0 aliphatic carbocycles. The lowest BCUT2D eigenvalue weighted by atomic mass is 10.2. The average Bonchev–Trinajstić information content (AvgIpc) is 2.50. The maximum absolute atomic E-state index is 12.7. The van der Waals surface area contributed by atoms with E-state index in [4.69, 9.17) is 4.74 Å². The molecule has 0 atom stereocenters. The zero-order valence-corrected chi connectivity index (χ0v) is 14.3. The van der Waals surface area contributed by atoms with Gasteiger partial charge in [-0.15, -0.1) is 0 Å². The van der Waals surface area contributed by atoms with E-state index in [2.05, 4.69) is 0 Å². The SMILES string of the molecule is CN(C)C(=O)COCCN(C)S(=O)(=O)c1cccc(C(F)(F)F)c1. The third-order valence-corrected chi connectivity index (χ3v) is 5.00. The number of hydrogen-bond donors (Lipinski definition) is 0. The van der Waals surface area contributed by atoms with Gasteiger partial charge in [-0.3, -0.25) is 4.79 Å². The molecule has 6 nitrogen and oxygen atoms in total. The smallest absolute Gasteiger partial charge is 0.370 e. The molecule has 24 heavy (non-hydrogen) atoms. The standard InChI is InChI=1S/C14H19F3N2O4S/c1-18(2)13(20)10-23-8-7-19(3)24(21,22)12-6-4-5-11(9-12)14(15,16)17/h4-6,9H,7-8,10H2,1-3H3. The molecule has 1 amide bonds. The number of carbonyl (C=O) groups is 1. The van der Waals surface area contributed by atoms with Crippen molar-refractivity contribution >= 4 is 15.9 Å². The first-order valence-electron chi connectivity index (χ1n) is 6.87. The van der Waals surface area contributed by atoms with Gasteiger partial charge in [-0.1, -0.05) is 6.07 Å². The van der Waals surface area contributed by atoms with E-state index in [-0.39, 0.29) is 25.7 Å². The Bertz CT molecular complexity index is 675. The molecule has 1 aromatic carbocycles. The summed E-state index contributed by atoms with van der Waals surface area (Å²) in [5.74, 6) is -0.279. The number of halogens is 3. The van der Waals surface area contributed by atoms with Crippen LogP contribution in [0.1, 0.15) is 5.56 Å². The first kappa shape index (κ1) is 20.4. The van der Waals surface area contributed by atoms with E-state index in [1.807, 2.05) is 0 Å². The molecule has 1 rings (SSSR count). The van der Waals surface area contributed by atoms with Gasteiger partial charge in [0.15, 0.2) is 0 Å². The van der Waals surface area contributed by atoms with E-state index in [0.717, 1.165) is 22.5 Å². The third kappa shape index (κ3) is 5.46. The number of likely N-dealkylation sites (N-methyl/N-ethyl adjacent to an activating group) is 2. The van der Waals surface area contributed by atoms with Gasteiger partial charge in [0.05, 0.1) is 17.1 Å². The molecule has 0 heterocycles. The second-order valence-corrected chi connectivity index (χ2v) is 7.24. The van der Waals surface area contributed by atoms with E-state index < -0.39 is 26.7 Å². The van der Waals surface area contributed by atoms with Gasteiger partial charge < -0.3 is 9.64 Å². The van der Waals surface area contributed by atoms with Gasteiger partial charge in [0.2, 0.25) is 15.9 Å². The number of alkyl halides is 3. The Labute approximate surface area is 138 Å². The fourth-order valence-electron chi connectivity index (χ4n) is 1.61. The van der Waals surface area contributed by atoms with Crippen molar-refractivity contribution in [3.8, 4) is 0 Å². The number of nitrogens with zero attached hydrogens (tertiary/aromatic N) is 2. The summed E-state index contributed by atoms with van der Waals surface area (Å²) in [5, 5.41) is 0. The average molecular weight is 368 g/mol. The molecule has 0 bridgehead atoms. The van der Waals surface area contributed by atoms with Crippen molar-refractivity contribution in [2.24, 2.45) is 0 Å². The summed E-state index contributed by atoms with van der Waals surface area (Å²) in [6.07, 6.45) is -4.63. The highest BCUT2D eigenvalue weighted by Crippen LogP contribution is 2.30. The highest BCUT2D eigenvalue weighted by Gasteiger charge is 2.32. The zero-order chi connectivity index (χ0) is 18.5. The Morgan fingerprint density at radius 1 is 1.21 bits per heavy atom. The minimum atomic E-state index is -4.63. The van der Waals surface area contributed by atoms with Crippen LogP contribution in [0.15, 0.2) is 29.2 Å². The van der Waals surface area contributed by atoms with Gasteiger partial charge in [-0.25, -0.2) is 8.42 Å². The van der Waals surface area contributed by atoms with Crippen LogP contribution in [0.5, 0.6) is 0 Å². The van der Waals surface area contributed by atoms with Gasteiger partial charge in [0, 0.05) is 27.7 Å². The van der Waals surface area contributed by atoms with Gasteiger partial charge in [0.25, 0.3) is 0 Å². The summed E-state index contributed by atoms with van der Waals surface area (Å²) in [7, 11) is 0.251. The molecule has 0 fully saturated rings. The number of benzene rings is 1. The van der Waals surface area contributed by atoms with Crippen molar-refractivity contribution in [3.05, 3.63) is 29.8 Å². The molecule has 0 radical (unpaired) electrons. The number of carbonyl (C=O) groups excluding carboxylic acids is 1. The number of sulfonamides is 1. The largest absolute Gasteiger partial charge is 0.416 e. The van der Waals surface area contributed by atoms with Crippen LogP contribution in [0.4, 0.5) is 13.2 Å². The van der Waals surface area contributed by atoms with Crippen LogP contribution >= 0.6 is 0 Å². The number of amides is 1. The number of rotatable bonds is 7. The Morgan fingerprint density at radius 3 is 2.38 bits per heavy atom. The van der Waals surface area contributed by atoms with Gasteiger partial charge in [-0.2, -0.15) is 17.5 Å². The normalized spacial score (nSPS) is 12.5. The Kier molecular flexibility index (Phi) is 6.76. The summed E-state index contributed by atoms with van der Waals surface area (Å²) >= 11 is 0. The highest BCUT2D eigenvalue weighted by atomic mass is 32.2. The minimum Gasteiger partial charge on any atom is -0.370 e. The summed E-state index contributed by atoms with van der Waals surface area (Å²) < 4.78 is 68.5. The Morgan fingerprint density at radius 2 is 1.83 bits per heavy atom. The predicted octanol–water partition coefficient (Wildman–Crippen LogP) is 1.43. The van der Waals surface area contributed by atoms with Crippen molar-refractivity contribution in [1.82, 2.24) is 9.21 Å². The van der Waals surface area contributed by atoms with E-state index in [0.29, 0.717) is 6.07 Å². The molecular formula is C14H19F3N2O4S. The summed E-state index contributed by atoms with van der Waals surface area (Å²) in [6, 6.07) is 3.52. The van der Waals surface area contributed by atoms with Crippen molar-refractivity contribution in [1.29, 1.82) is 0 Å². The molecule has 0 aliphatic heterocycles. The topological polar surface area (TPSA) is 66.9 Å². The van der Waals surface area contributed by atoms with Crippen molar-refractivity contribution in [2.75, 3.05) is 40.9 Å². The van der Waals surface area contributed by atoms with E-state index in [1.54, 1.807) is 14.1 Å². The third-order valence-electron chi connectivity index (χ3n) is 3.14. The second-order valence-electron chi connectivity index (χ2n) is 5.19. The van der Waals surface area contributed by atoms with Crippen molar-refractivity contribution in [2.45, 2.75) is 11.1 Å². The molecule has 0 saturated carbocycles. The van der Waals surface area contributed by atoms with Gasteiger partial charge >= 0.3 is 6.18 Å². The Hall–Kier alpha value is -1.65. The van der Waals surface area contributed by atoms with E-state index >= 15 is 0 Å². The fourth-order valence-corrected chi connectivity index (χ4v) is 2.82. The van der Waals surface area contributed by atoms with Crippen molar-refractivity contribution < 1.29 is 31.1 Å². The van der Waals surface area contributed by atoms with Crippen molar-refractivity contribution in [3.63, 3.8) is 0 Å². The molecule has 0 spiro atoms. The fraction of sp³-hybridized carbons (Fsp3) is 0.500. The summed E-state index contributed by atoms with van der Waals surface area (Å²) in [4.78, 5) is 12.2. The molecule has 0 unspecified atom stereocenters. The molecule has 0 N–H and O–H groups in total. The summed E-state index contributed by atoms with van der Waals surface area (Å²) in [6.45, 7) is -0.363. The molecule has 1 aromatic rings. The summed E-state index contributed by atoms with van der Waals surface area (Å²) in [5.41, 5.74) is -1.04. The molecule has 0 saturated heterocycles. The van der Waals surface area contributed by atoms with E-state index in [9.17, 15) is 26.4 Å². The van der Waals surface area contributed by atoms with Crippen LogP contribution < -0.4 is 0 Å². The van der Waals surface area contributed by atoms with Gasteiger partial charge in [-0.05, 0) is 18.2 Å². The number of hydrogen-bond acceptors (Lipinski definition) is 4. The maximum Gasteiger partial charge on any atom is 0.416 e. The highest BCUT2D eigenvalue weighted by molar-refractivity contribution is 7.89. The Balaban J connectivity index is 2.73. The van der Waals surface area contributed by atoms with Crippen LogP contribution in [-0.2, 0) is 25.7 Å². The lowest BCUT2D eigenvalue weighted by Gasteiger charge is -2.18. The molecule has 0 aromatic heterocycles. The maximum atomic E-state index is 12.7. The monoisotopic (exact) mass is 368 g/mol. The lowest BCUT2D eigenvalue weighted by molar-refractivity contribution is -0.137. The number of ether oxygens (including phenoxy) is 1. The van der Waals surface area contributed by atoms with Crippen LogP contribution in [0.25, 0.3) is 0 Å². The molecule has 136 valence electrons. The first-order chi connectivity index (χ1) is 11.0. The second kappa shape index (κ2) is 7.95. The van der Waals surface area contributed by atoms with Crippen LogP contribution in [-0.4, -0.2) is 64.4 Å². The van der Waals surface area contributed by atoms with Crippen LogP contribution in [0.3, 0.4) is 0 Å². The van der Waals surface area contributed by atoms with E-state index in [1.165, 1.54) is 11.9 Å². The van der Waals surface area contributed by atoms with Gasteiger partial charge in [0.1, 0.15) is 6.61 Å². The lowest BCUT2D eigenvalue weighted by Crippen LogP contribution is -2.32. The predicted molar refractivity (Wildman–Crippen MR) is 80.8 cm³/mol. The minimum absolute atomic E-state index is 0.0612. The zero-order valence-electron chi connectivity index (χ0n) is 13.5. The quantitative estimate of drug-likeness (QED) is 0.683. The molecule has 0 aliphatic rings. The first-order valence-corrected chi connectivity index (χ1v) is 8.31. The molecular weight excluding hydrogens is 349 g/mol. The van der Waals surface area contributed by atoms with Crippen LogP contribution in [0, 0.1) is 0 Å². The van der Waals surface area contributed by atoms with Crippen LogP contribution in [0.2, 0.25) is 0 Å².